The first-order valence-electron chi connectivity index (χ1n) is 31.4. The van der Waals surface area contributed by atoms with Crippen molar-refractivity contribution in [3.05, 3.63) is 48.2 Å². The zero-order valence-electron chi connectivity index (χ0n) is 53.8. The summed E-state index contributed by atoms with van der Waals surface area (Å²) in [5.74, 6) is -9.86. The molecule has 88 heavy (non-hydrogen) atoms. The fourth-order valence-corrected chi connectivity index (χ4v) is 10.4. The van der Waals surface area contributed by atoms with Crippen LogP contribution in [0.2, 0.25) is 0 Å². The molecule has 0 fully saturated rings. The van der Waals surface area contributed by atoms with Gasteiger partial charge >= 0.3 is 0 Å². The summed E-state index contributed by atoms with van der Waals surface area (Å²) in [6.07, 6.45) is 13.7. The highest BCUT2D eigenvalue weighted by molar-refractivity contribution is 6.41. The molecule has 0 bridgehead atoms. The number of H-pyrrole nitrogens is 1. The number of carbonyl (C=O) groups is 12. The number of amides is 6. The standard InChI is InChI=1S/C64H102N12O12/c1-12-39(4)53(76-75-43(8)58(66)84)57(83)55(81)42(7)71-59(85)44(9)73-62(88)64(11)31-25-21-19-17-15-13-14-16-18-20-24-30-63(10,70-34-40(5)77)51(78)37-69-50(33-45-35-67-48-27-23-22-26-47(45)48)61(87)72-41(6)54(80)56(82)49(28-29-52(65)79)68-36-46(32-38(2)3)60(86)74-64/h17,19,22-23,26-27,35,38-39,41-44,46,49-50,53,67-70,75-76H,12-16,18,20-21,24-25,28-34,36-37H2,1-11H3,(H2,65,79)(H2,66,84)(H,71,85)(H,72,87)(H,73,88)(H,74,86)/b19-17+/t39-,41?,42?,43+,44-,46+,49-,50-,53-,63+,64-/m0/s1. The van der Waals surface area contributed by atoms with Crippen molar-refractivity contribution < 1.29 is 57.5 Å². The van der Waals surface area contributed by atoms with Gasteiger partial charge < -0.3 is 43.0 Å². The molecule has 14 N–H and O–H groups in total. The molecule has 24 heteroatoms. The van der Waals surface area contributed by atoms with Crippen LogP contribution >= 0.6 is 0 Å². The largest absolute Gasteiger partial charge is 0.370 e. The van der Waals surface area contributed by atoms with E-state index in [1.54, 1.807) is 20.0 Å². The maximum atomic E-state index is 14.7. The molecule has 0 saturated carbocycles. The Bertz CT molecular complexity index is 2760. The molecule has 2 aromatic rings. The average molecular weight is 1230 g/mol. The maximum absolute atomic E-state index is 14.7. The van der Waals surface area contributed by atoms with Crippen LogP contribution in [0.3, 0.4) is 0 Å². The van der Waals surface area contributed by atoms with Crippen LogP contribution in [0, 0.1) is 17.8 Å². The van der Waals surface area contributed by atoms with Crippen LogP contribution in [0.15, 0.2) is 42.6 Å². The Morgan fingerprint density at radius 3 is 2.01 bits per heavy atom. The third-order valence-corrected chi connectivity index (χ3v) is 16.5. The molecular formula is C64H102N12O12. The van der Waals surface area contributed by atoms with Crippen molar-refractivity contribution in [1.82, 2.24) is 53.1 Å². The fourth-order valence-electron chi connectivity index (χ4n) is 10.4. The summed E-state index contributed by atoms with van der Waals surface area (Å²) in [5, 5.41) is 21.0. The van der Waals surface area contributed by atoms with Gasteiger partial charge in [0.1, 0.15) is 17.4 Å². The van der Waals surface area contributed by atoms with Gasteiger partial charge in [-0.15, -0.1) is 0 Å². The third kappa shape index (κ3) is 24.6. The molecule has 0 radical (unpaired) electrons. The lowest BCUT2D eigenvalue weighted by Gasteiger charge is -2.33. The van der Waals surface area contributed by atoms with Gasteiger partial charge in [-0.1, -0.05) is 96.6 Å². The molecule has 3 rings (SSSR count). The Kier molecular flexibility index (Phi) is 31.9. The summed E-state index contributed by atoms with van der Waals surface area (Å²) in [6.45, 7) is 17.1. The van der Waals surface area contributed by atoms with Crippen LogP contribution in [0.1, 0.15) is 178 Å². The van der Waals surface area contributed by atoms with Gasteiger partial charge in [0.15, 0.2) is 5.78 Å². The van der Waals surface area contributed by atoms with Crippen molar-refractivity contribution in [1.29, 1.82) is 0 Å². The number of primary amides is 2. The van der Waals surface area contributed by atoms with E-state index in [2.05, 4.69) is 59.1 Å². The predicted molar refractivity (Wildman–Crippen MR) is 337 cm³/mol. The van der Waals surface area contributed by atoms with Gasteiger partial charge in [-0.3, -0.25) is 68.2 Å². The van der Waals surface area contributed by atoms with Crippen molar-refractivity contribution >= 4 is 81.0 Å². The van der Waals surface area contributed by atoms with Gasteiger partial charge in [0.25, 0.3) is 0 Å². The lowest BCUT2D eigenvalue weighted by molar-refractivity contribution is -0.141. The van der Waals surface area contributed by atoms with Crippen molar-refractivity contribution in [2.24, 2.45) is 29.2 Å². The minimum atomic E-state index is -1.64. The molecule has 1 aliphatic rings. The quantitative estimate of drug-likeness (QED) is 0.0432. The highest BCUT2D eigenvalue weighted by Crippen LogP contribution is 2.23. The van der Waals surface area contributed by atoms with Gasteiger partial charge in [-0.2, -0.15) is 0 Å². The number of ketones is 6. The molecule has 0 aliphatic carbocycles. The number of hydrazine groups is 1. The number of aromatic amines is 1. The van der Waals surface area contributed by atoms with E-state index in [4.69, 9.17) is 11.5 Å². The number of hydrogen-bond acceptors (Lipinski definition) is 17. The first-order chi connectivity index (χ1) is 41.4. The predicted octanol–water partition coefficient (Wildman–Crippen LogP) is 2.97. The summed E-state index contributed by atoms with van der Waals surface area (Å²) < 4.78 is 0. The van der Waals surface area contributed by atoms with E-state index in [9.17, 15) is 57.5 Å². The first-order valence-corrected chi connectivity index (χ1v) is 31.4. The van der Waals surface area contributed by atoms with Crippen LogP contribution in [-0.2, 0) is 64.0 Å². The highest BCUT2D eigenvalue weighted by Gasteiger charge is 2.40. The molecule has 2 unspecified atom stereocenters. The smallest absolute Gasteiger partial charge is 0.246 e. The Hall–Kier alpha value is -6.86. The zero-order chi connectivity index (χ0) is 65.9. The molecule has 24 nitrogen and oxygen atoms in total. The number of allylic oxidation sites excluding steroid dienone is 2. The molecule has 0 spiro atoms. The van der Waals surface area contributed by atoms with E-state index in [-0.39, 0.29) is 75.1 Å². The SMILES string of the molecule is CC[C@H](C)[C@H](NN[C@H](C)C(N)=O)C(=O)C(=O)C(C)NC(=O)[C@H](C)NC(=O)[C@]1(C)CCC/C=C/CCCCCCCC[C@@](C)(NCC(C)=O)C(=O)CN[C@@H](Cc2c[nH]c3ccccc23)C(=O)NC(C)C(=O)C(=O)[C@H](CCC(N)=O)NC[C@@H](CC(C)C)C(=O)N1. The van der Waals surface area contributed by atoms with E-state index in [1.165, 1.54) is 41.5 Å². The second-order valence-electron chi connectivity index (χ2n) is 24.8. The number of nitrogens with one attached hydrogen (secondary N) is 10. The Morgan fingerprint density at radius 2 is 1.38 bits per heavy atom. The molecule has 0 saturated heterocycles. The monoisotopic (exact) mass is 1230 g/mol. The van der Waals surface area contributed by atoms with Crippen LogP contribution < -0.4 is 59.5 Å². The number of rotatable bonds is 23. The molecule has 1 aliphatic heterocycles. The van der Waals surface area contributed by atoms with Gasteiger partial charge in [0.2, 0.25) is 58.6 Å². The van der Waals surface area contributed by atoms with E-state index in [0.29, 0.717) is 32.1 Å². The number of benzene rings is 1. The van der Waals surface area contributed by atoms with Crippen LogP contribution in [0.5, 0.6) is 0 Å². The van der Waals surface area contributed by atoms with Crippen molar-refractivity contribution in [2.45, 2.75) is 232 Å². The van der Waals surface area contributed by atoms with Crippen LogP contribution in [0.4, 0.5) is 0 Å². The highest BCUT2D eigenvalue weighted by atomic mass is 16.2. The lowest BCUT2D eigenvalue weighted by Crippen LogP contribution is -2.62. The molecule has 2 heterocycles. The number of hydrogen-bond donors (Lipinski definition) is 12. The Morgan fingerprint density at radius 1 is 0.727 bits per heavy atom. The van der Waals surface area contributed by atoms with Gasteiger partial charge in [-0.25, -0.2) is 10.9 Å². The first kappa shape index (κ1) is 75.4. The summed E-state index contributed by atoms with van der Waals surface area (Å²) in [7, 11) is 0. The van der Waals surface area contributed by atoms with E-state index >= 15 is 0 Å². The van der Waals surface area contributed by atoms with Gasteiger partial charge in [0.05, 0.1) is 60.8 Å². The molecule has 6 amide bonds. The molecule has 11 atom stereocenters. The number of aromatic nitrogens is 1. The van der Waals surface area contributed by atoms with Gasteiger partial charge in [0, 0.05) is 30.1 Å². The Balaban J connectivity index is 1.98. The second-order valence-corrected chi connectivity index (χ2v) is 24.8. The van der Waals surface area contributed by atoms with Crippen molar-refractivity contribution in [2.75, 3.05) is 19.6 Å². The van der Waals surface area contributed by atoms with Crippen LogP contribution in [0.25, 0.3) is 10.9 Å². The molecule has 1 aromatic heterocycles. The minimum Gasteiger partial charge on any atom is -0.370 e. The molecular weight excluding hydrogens is 1130 g/mol. The molecule has 1 aromatic carbocycles. The second kappa shape index (κ2) is 37.2. The average Bonchev–Trinajstić information content (AvgIpc) is 3.02. The summed E-state index contributed by atoms with van der Waals surface area (Å²) >= 11 is 0. The summed E-state index contributed by atoms with van der Waals surface area (Å²) in [6, 6.07) is -0.910. The fraction of sp³-hybridized carbons (Fsp3) is 0.656. The number of Topliss-reactive ketones (excluding diaryl/α,β-unsaturated/α-hetero) is 6. The molecule has 490 valence electrons. The Labute approximate surface area is 519 Å². The van der Waals surface area contributed by atoms with E-state index in [1.807, 2.05) is 51.1 Å². The number of carbonyl (C=O) groups excluding carboxylic acids is 12. The normalized spacial score (nSPS) is 24.6. The summed E-state index contributed by atoms with van der Waals surface area (Å²) in [4.78, 5) is 166. The van der Waals surface area contributed by atoms with Crippen LogP contribution in [-0.4, -0.2) is 148 Å². The number of para-hydroxylation sites is 1. The van der Waals surface area contributed by atoms with Crippen molar-refractivity contribution in [3.8, 4) is 0 Å². The lowest BCUT2D eigenvalue weighted by atomic mass is 9.88. The minimum absolute atomic E-state index is 0.0328. The third-order valence-electron chi connectivity index (χ3n) is 16.5. The zero-order valence-corrected chi connectivity index (χ0v) is 53.8. The maximum Gasteiger partial charge on any atom is 0.246 e. The van der Waals surface area contributed by atoms with E-state index < -0.39 is 118 Å². The summed E-state index contributed by atoms with van der Waals surface area (Å²) in [5.41, 5.74) is 15.1. The van der Waals surface area contributed by atoms with Crippen molar-refractivity contribution in [3.63, 3.8) is 0 Å². The number of nitrogens with two attached hydrogens (primary N) is 2. The van der Waals surface area contributed by atoms with Gasteiger partial charge in [-0.05, 0) is 130 Å². The number of fused-ring (bicyclic) bond motifs is 1. The van der Waals surface area contributed by atoms with E-state index in [0.717, 1.165) is 55.0 Å². The topological polar surface area (TPSA) is 381 Å².